The summed E-state index contributed by atoms with van der Waals surface area (Å²) in [5.41, 5.74) is 0. The van der Waals surface area contributed by atoms with E-state index in [9.17, 15) is 19.2 Å². The van der Waals surface area contributed by atoms with Crippen molar-refractivity contribution in [3.05, 3.63) is 0 Å². The molecule has 1 aliphatic rings. The molecular formula is C10H10Cl2O6. The molecule has 1 fully saturated rings. The third-order valence-corrected chi connectivity index (χ3v) is 3.52. The van der Waals surface area contributed by atoms with Gasteiger partial charge >= 0.3 is 11.9 Å². The maximum Gasteiger partial charge on any atom is 0.310 e. The summed E-state index contributed by atoms with van der Waals surface area (Å²) in [4.78, 5) is 45.5. The van der Waals surface area contributed by atoms with Crippen LogP contribution in [-0.2, 0) is 28.7 Å². The molecule has 0 heterocycles. The third-order valence-electron chi connectivity index (χ3n) is 3.02. The standard InChI is InChI=1S/C10H10Cl2O6/c1-17-9(15)5-3(7(11)13)6(10(16)18-2)4(5)8(12)14/h3-6H,1-2H3. The second-order valence-electron chi connectivity index (χ2n) is 3.76. The molecule has 6 nitrogen and oxygen atoms in total. The van der Waals surface area contributed by atoms with E-state index >= 15 is 0 Å². The molecule has 0 aromatic heterocycles. The Hall–Kier alpha value is -1.14. The van der Waals surface area contributed by atoms with Crippen molar-refractivity contribution in [2.45, 2.75) is 0 Å². The van der Waals surface area contributed by atoms with E-state index in [0.717, 1.165) is 14.2 Å². The van der Waals surface area contributed by atoms with Gasteiger partial charge in [0.1, 0.15) is 0 Å². The van der Waals surface area contributed by atoms with E-state index in [-0.39, 0.29) is 0 Å². The summed E-state index contributed by atoms with van der Waals surface area (Å²) in [7, 11) is 2.19. The van der Waals surface area contributed by atoms with E-state index in [1.54, 1.807) is 0 Å². The lowest BCUT2D eigenvalue weighted by Gasteiger charge is -2.44. The summed E-state index contributed by atoms with van der Waals surface area (Å²) in [6.07, 6.45) is 0. The lowest BCUT2D eigenvalue weighted by Crippen LogP contribution is -2.58. The molecule has 0 aromatic carbocycles. The van der Waals surface area contributed by atoms with Crippen LogP contribution in [0.15, 0.2) is 0 Å². The van der Waals surface area contributed by atoms with Gasteiger partial charge in [-0.3, -0.25) is 19.2 Å². The fourth-order valence-electron chi connectivity index (χ4n) is 2.17. The number of halogens is 2. The predicted molar refractivity (Wildman–Crippen MR) is 59.7 cm³/mol. The van der Waals surface area contributed by atoms with Crippen LogP contribution in [0.4, 0.5) is 0 Å². The molecule has 0 bridgehead atoms. The van der Waals surface area contributed by atoms with E-state index in [1.165, 1.54) is 0 Å². The van der Waals surface area contributed by atoms with Gasteiger partial charge in [0.25, 0.3) is 0 Å². The molecule has 1 rings (SSSR count). The minimum absolute atomic E-state index is 0.812. The predicted octanol–water partition coefficient (Wildman–Crippen LogP) is 0.342. The Labute approximate surface area is 112 Å². The normalized spacial score (nSPS) is 30.0. The Kier molecular flexibility index (Phi) is 4.70. The first-order chi connectivity index (χ1) is 8.36. The zero-order valence-corrected chi connectivity index (χ0v) is 11.0. The highest BCUT2D eigenvalue weighted by molar-refractivity contribution is 6.66. The number of hydrogen-bond acceptors (Lipinski definition) is 6. The van der Waals surface area contributed by atoms with Gasteiger partial charge in [-0.15, -0.1) is 0 Å². The first-order valence-electron chi connectivity index (χ1n) is 4.91. The quantitative estimate of drug-likeness (QED) is 0.549. The number of carbonyl (C=O) groups excluding carboxylic acids is 4. The monoisotopic (exact) mass is 296 g/mol. The van der Waals surface area contributed by atoms with E-state index < -0.39 is 46.1 Å². The average molecular weight is 297 g/mol. The fraction of sp³-hybridized carbons (Fsp3) is 0.600. The number of rotatable bonds is 4. The van der Waals surface area contributed by atoms with Crippen LogP contribution in [0.3, 0.4) is 0 Å². The molecule has 1 aliphatic carbocycles. The topological polar surface area (TPSA) is 86.7 Å². The SMILES string of the molecule is COC(=O)C1C(C(=O)Cl)C(C(=O)OC)C1C(=O)Cl. The van der Waals surface area contributed by atoms with Crippen molar-refractivity contribution in [1.82, 2.24) is 0 Å². The van der Waals surface area contributed by atoms with Crippen molar-refractivity contribution >= 4 is 45.6 Å². The smallest absolute Gasteiger partial charge is 0.310 e. The van der Waals surface area contributed by atoms with E-state index in [1.807, 2.05) is 0 Å². The van der Waals surface area contributed by atoms with Crippen molar-refractivity contribution in [2.75, 3.05) is 14.2 Å². The van der Waals surface area contributed by atoms with Gasteiger partial charge in [0.2, 0.25) is 10.5 Å². The Balaban J connectivity index is 3.10. The molecular weight excluding hydrogens is 287 g/mol. The zero-order chi connectivity index (χ0) is 14.0. The number of ether oxygens (including phenoxy) is 2. The van der Waals surface area contributed by atoms with Crippen LogP contribution in [-0.4, -0.2) is 36.6 Å². The zero-order valence-electron chi connectivity index (χ0n) is 9.51. The van der Waals surface area contributed by atoms with Crippen LogP contribution in [0.25, 0.3) is 0 Å². The lowest BCUT2D eigenvalue weighted by atomic mass is 9.57. The van der Waals surface area contributed by atoms with E-state index in [4.69, 9.17) is 23.2 Å². The number of hydrogen-bond donors (Lipinski definition) is 0. The lowest BCUT2D eigenvalue weighted by molar-refractivity contribution is -0.179. The molecule has 0 saturated heterocycles. The summed E-state index contributed by atoms with van der Waals surface area (Å²) in [6, 6.07) is 0. The van der Waals surface area contributed by atoms with E-state index in [0.29, 0.717) is 0 Å². The van der Waals surface area contributed by atoms with Gasteiger partial charge in [0.05, 0.1) is 37.9 Å². The first kappa shape index (κ1) is 14.9. The molecule has 0 amide bonds. The van der Waals surface area contributed by atoms with E-state index in [2.05, 4.69) is 9.47 Å². The van der Waals surface area contributed by atoms with Crippen molar-refractivity contribution in [3.8, 4) is 0 Å². The minimum atomic E-state index is -1.15. The molecule has 18 heavy (non-hydrogen) atoms. The van der Waals surface area contributed by atoms with Crippen molar-refractivity contribution < 1.29 is 28.7 Å². The van der Waals surface area contributed by atoms with Gasteiger partial charge in [-0.25, -0.2) is 0 Å². The largest absolute Gasteiger partial charge is 0.469 e. The number of esters is 2. The molecule has 1 saturated carbocycles. The van der Waals surface area contributed by atoms with Crippen LogP contribution in [0.5, 0.6) is 0 Å². The molecule has 0 atom stereocenters. The third kappa shape index (κ3) is 2.35. The highest BCUT2D eigenvalue weighted by Gasteiger charge is 2.63. The Bertz CT molecular complexity index is 361. The summed E-state index contributed by atoms with van der Waals surface area (Å²) < 4.78 is 8.93. The number of carbonyl (C=O) groups is 4. The summed E-state index contributed by atoms with van der Waals surface area (Å²) in [5.74, 6) is -6.22. The molecule has 0 aliphatic heterocycles. The molecule has 0 spiro atoms. The van der Waals surface area contributed by atoms with Gasteiger partial charge in [0, 0.05) is 0 Å². The van der Waals surface area contributed by atoms with Crippen LogP contribution in [0.2, 0.25) is 0 Å². The molecule has 100 valence electrons. The van der Waals surface area contributed by atoms with Crippen LogP contribution < -0.4 is 0 Å². The molecule has 0 aromatic rings. The maximum atomic E-state index is 11.5. The molecule has 0 unspecified atom stereocenters. The molecule has 0 N–H and O–H groups in total. The van der Waals surface area contributed by atoms with Gasteiger partial charge in [-0.2, -0.15) is 0 Å². The van der Waals surface area contributed by atoms with Gasteiger partial charge in [-0.1, -0.05) is 0 Å². The highest BCUT2D eigenvalue weighted by Crippen LogP contribution is 2.49. The molecule has 0 radical (unpaired) electrons. The van der Waals surface area contributed by atoms with Gasteiger partial charge in [0.15, 0.2) is 0 Å². The Morgan fingerprint density at radius 1 is 0.722 bits per heavy atom. The Morgan fingerprint density at radius 2 is 1.00 bits per heavy atom. The summed E-state index contributed by atoms with van der Waals surface area (Å²) in [6.45, 7) is 0. The summed E-state index contributed by atoms with van der Waals surface area (Å²) >= 11 is 10.7. The van der Waals surface area contributed by atoms with Crippen LogP contribution in [0.1, 0.15) is 0 Å². The van der Waals surface area contributed by atoms with Crippen molar-refractivity contribution in [2.24, 2.45) is 23.7 Å². The van der Waals surface area contributed by atoms with Crippen molar-refractivity contribution in [1.29, 1.82) is 0 Å². The minimum Gasteiger partial charge on any atom is -0.469 e. The van der Waals surface area contributed by atoms with Crippen LogP contribution in [0, 0.1) is 23.7 Å². The van der Waals surface area contributed by atoms with Gasteiger partial charge in [-0.05, 0) is 23.2 Å². The first-order valence-corrected chi connectivity index (χ1v) is 5.66. The molecule has 8 heteroatoms. The second kappa shape index (κ2) is 5.67. The van der Waals surface area contributed by atoms with Crippen LogP contribution >= 0.6 is 23.2 Å². The average Bonchev–Trinajstić information content (AvgIpc) is 2.25. The van der Waals surface area contributed by atoms with Crippen molar-refractivity contribution in [3.63, 3.8) is 0 Å². The summed E-state index contributed by atoms with van der Waals surface area (Å²) in [5, 5.41) is -1.81. The second-order valence-corrected chi connectivity index (χ2v) is 4.50. The maximum absolute atomic E-state index is 11.5. The highest BCUT2D eigenvalue weighted by atomic mass is 35.5. The Morgan fingerprint density at radius 3 is 1.17 bits per heavy atom. The number of methoxy groups -OCH3 is 2. The van der Waals surface area contributed by atoms with Gasteiger partial charge < -0.3 is 9.47 Å². The fourth-order valence-corrected chi connectivity index (χ4v) is 2.71.